The SMILES string of the molecule is CCCCCC=CCC=CCC=CCCCCCCC(=O)OC[C@H](COP(=O)(O)OCCN)OC(=O)CCCCCCCCCCCCCCCCCCC. The second kappa shape index (κ2) is 41.9. The van der Waals surface area contributed by atoms with Crippen LogP contribution in [0.1, 0.15) is 206 Å². The molecule has 9 nitrogen and oxygen atoms in total. The van der Waals surface area contributed by atoms with Crippen LogP contribution in [-0.4, -0.2) is 49.3 Å². The number of carbonyl (C=O) groups is 2. The fraction of sp³-hybridized carbons (Fsp3) is 0.822. The zero-order valence-corrected chi connectivity index (χ0v) is 36.3. The first-order valence-corrected chi connectivity index (χ1v) is 24.0. The molecule has 0 heterocycles. The van der Waals surface area contributed by atoms with Gasteiger partial charge in [-0.15, -0.1) is 0 Å². The van der Waals surface area contributed by atoms with Gasteiger partial charge in [0.1, 0.15) is 6.61 Å². The minimum absolute atomic E-state index is 0.0508. The van der Waals surface area contributed by atoms with Gasteiger partial charge in [0.25, 0.3) is 0 Å². The highest BCUT2D eigenvalue weighted by Gasteiger charge is 2.26. The maximum absolute atomic E-state index is 12.6. The van der Waals surface area contributed by atoms with Gasteiger partial charge in [-0.25, -0.2) is 4.57 Å². The quantitative estimate of drug-likeness (QED) is 0.0268. The van der Waals surface area contributed by atoms with E-state index in [4.69, 9.17) is 24.3 Å². The summed E-state index contributed by atoms with van der Waals surface area (Å²) < 4.78 is 32.8. The third-order valence-corrected chi connectivity index (χ3v) is 10.5. The largest absolute Gasteiger partial charge is 0.472 e. The molecule has 0 aromatic heterocycles. The summed E-state index contributed by atoms with van der Waals surface area (Å²) in [6, 6.07) is 0. The zero-order chi connectivity index (χ0) is 40.3. The molecule has 322 valence electrons. The van der Waals surface area contributed by atoms with E-state index in [1.54, 1.807) is 0 Å². The summed E-state index contributed by atoms with van der Waals surface area (Å²) in [5, 5.41) is 0. The Kier molecular flexibility index (Phi) is 40.5. The molecule has 0 fully saturated rings. The Morgan fingerprint density at radius 1 is 0.545 bits per heavy atom. The van der Waals surface area contributed by atoms with Crippen molar-refractivity contribution in [3.63, 3.8) is 0 Å². The second-order valence-corrected chi connectivity index (χ2v) is 16.4. The molecule has 55 heavy (non-hydrogen) atoms. The molecule has 0 spiro atoms. The lowest BCUT2D eigenvalue weighted by atomic mass is 10.0. The van der Waals surface area contributed by atoms with Crippen LogP contribution in [-0.2, 0) is 32.7 Å². The van der Waals surface area contributed by atoms with E-state index in [1.165, 1.54) is 116 Å². The van der Waals surface area contributed by atoms with Crippen LogP contribution < -0.4 is 5.73 Å². The molecule has 3 N–H and O–H groups in total. The maximum atomic E-state index is 12.6. The lowest BCUT2D eigenvalue weighted by molar-refractivity contribution is -0.161. The van der Waals surface area contributed by atoms with Gasteiger partial charge >= 0.3 is 19.8 Å². The highest BCUT2D eigenvalue weighted by Crippen LogP contribution is 2.43. The van der Waals surface area contributed by atoms with Crippen molar-refractivity contribution in [1.82, 2.24) is 0 Å². The molecule has 0 rings (SSSR count). The maximum Gasteiger partial charge on any atom is 0.472 e. The molecule has 0 radical (unpaired) electrons. The number of unbranched alkanes of at least 4 members (excludes halogenated alkanes) is 23. The average Bonchev–Trinajstić information content (AvgIpc) is 3.17. The Balaban J connectivity index is 4.16. The van der Waals surface area contributed by atoms with Crippen LogP contribution in [0.15, 0.2) is 36.5 Å². The molecule has 10 heteroatoms. The van der Waals surface area contributed by atoms with Gasteiger partial charge < -0.3 is 20.1 Å². The summed E-state index contributed by atoms with van der Waals surface area (Å²) in [5.74, 6) is -0.847. The van der Waals surface area contributed by atoms with Gasteiger partial charge in [0.2, 0.25) is 0 Å². The summed E-state index contributed by atoms with van der Waals surface area (Å²) >= 11 is 0. The van der Waals surface area contributed by atoms with E-state index in [1.807, 2.05) is 0 Å². The van der Waals surface area contributed by atoms with E-state index < -0.39 is 32.5 Å². The molecule has 0 bridgehead atoms. The molecular weight excluding hydrogens is 713 g/mol. The fourth-order valence-corrected chi connectivity index (χ4v) is 6.94. The Bertz CT molecular complexity index is 1000. The van der Waals surface area contributed by atoms with Gasteiger partial charge in [-0.2, -0.15) is 0 Å². The normalized spacial score (nSPS) is 13.6. The van der Waals surface area contributed by atoms with Crippen LogP contribution in [0.2, 0.25) is 0 Å². The molecule has 0 aromatic rings. The molecule has 0 saturated carbocycles. The van der Waals surface area contributed by atoms with E-state index in [0.29, 0.717) is 12.8 Å². The third-order valence-electron chi connectivity index (χ3n) is 9.53. The molecule has 0 aliphatic rings. The van der Waals surface area contributed by atoms with E-state index in [9.17, 15) is 19.0 Å². The standard InChI is InChI=1S/C45H84NO8P/c1-3-5-7-9-11-13-15-17-19-21-23-25-27-29-31-33-35-37-44(47)51-41-43(42-53-55(49,50)52-40-39-46)54-45(48)38-36-34-32-30-28-26-24-22-20-18-16-14-12-10-8-6-4-2/h11,13,17,19,23,25,43H,3-10,12,14-16,18,20-22,24,26-42,46H2,1-2H3,(H,49,50)/t43-/m1/s1. The van der Waals surface area contributed by atoms with Crippen molar-refractivity contribution < 1.29 is 37.6 Å². The Morgan fingerprint density at radius 3 is 1.44 bits per heavy atom. The third kappa shape index (κ3) is 41.7. The van der Waals surface area contributed by atoms with Crippen LogP contribution in [0.3, 0.4) is 0 Å². The predicted molar refractivity (Wildman–Crippen MR) is 229 cm³/mol. The van der Waals surface area contributed by atoms with E-state index in [-0.39, 0.29) is 32.6 Å². The molecule has 0 saturated heterocycles. The van der Waals surface area contributed by atoms with Gasteiger partial charge in [0, 0.05) is 19.4 Å². The van der Waals surface area contributed by atoms with Crippen molar-refractivity contribution in [2.45, 2.75) is 213 Å². The summed E-state index contributed by atoms with van der Waals surface area (Å²) in [5.41, 5.74) is 5.35. The van der Waals surface area contributed by atoms with E-state index in [0.717, 1.165) is 51.4 Å². The first kappa shape index (κ1) is 53.2. The van der Waals surface area contributed by atoms with Crippen molar-refractivity contribution in [2.75, 3.05) is 26.4 Å². The Morgan fingerprint density at radius 2 is 0.945 bits per heavy atom. The zero-order valence-electron chi connectivity index (χ0n) is 35.4. The van der Waals surface area contributed by atoms with Gasteiger partial charge in [-0.05, 0) is 51.4 Å². The second-order valence-electron chi connectivity index (χ2n) is 14.9. The lowest BCUT2D eigenvalue weighted by Gasteiger charge is -2.19. The summed E-state index contributed by atoms with van der Waals surface area (Å²) in [6.07, 6.45) is 46.0. The number of rotatable bonds is 42. The van der Waals surface area contributed by atoms with Gasteiger partial charge in [-0.1, -0.05) is 179 Å². The van der Waals surface area contributed by atoms with Gasteiger partial charge in [0.05, 0.1) is 13.2 Å². The van der Waals surface area contributed by atoms with Gasteiger partial charge in [-0.3, -0.25) is 18.6 Å². The topological polar surface area (TPSA) is 134 Å². The smallest absolute Gasteiger partial charge is 0.462 e. The number of phosphoric ester groups is 1. The van der Waals surface area contributed by atoms with Crippen LogP contribution in [0, 0.1) is 0 Å². The van der Waals surface area contributed by atoms with Crippen LogP contribution in [0.4, 0.5) is 0 Å². The highest BCUT2D eigenvalue weighted by molar-refractivity contribution is 7.47. The molecular formula is C45H84NO8P. The molecule has 0 amide bonds. The van der Waals surface area contributed by atoms with Crippen molar-refractivity contribution in [2.24, 2.45) is 5.73 Å². The van der Waals surface area contributed by atoms with Gasteiger partial charge in [0.15, 0.2) is 6.10 Å². The number of carbonyl (C=O) groups excluding carboxylic acids is 2. The predicted octanol–water partition coefficient (Wildman–Crippen LogP) is 12.9. The average molecular weight is 798 g/mol. The van der Waals surface area contributed by atoms with E-state index in [2.05, 4.69) is 50.3 Å². The fourth-order valence-electron chi connectivity index (χ4n) is 6.17. The number of ether oxygens (including phenoxy) is 2. The number of esters is 2. The molecule has 2 atom stereocenters. The van der Waals surface area contributed by atoms with Crippen molar-refractivity contribution in [1.29, 1.82) is 0 Å². The number of allylic oxidation sites excluding steroid dienone is 6. The minimum Gasteiger partial charge on any atom is -0.462 e. The number of nitrogens with two attached hydrogens (primary N) is 1. The number of hydrogen-bond donors (Lipinski definition) is 2. The summed E-state index contributed by atoms with van der Waals surface area (Å²) in [7, 11) is -4.38. The summed E-state index contributed by atoms with van der Waals surface area (Å²) in [6.45, 7) is 3.70. The Hall–Kier alpha value is -1.77. The molecule has 0 aliphatic carbocycles. The highest BCUT2D eigenvalue weighted by atomic mass is 31.2. The van der Waals surface area contributed by atoms with Crippen LogP contribution in [0.5, 0.6) is 0 Å². The lowest BCUT2D eigenvalue weighted by Crippen LogP contribution is -2.29. The van der Waals surface area contributed by atoms with Crippen LogP contribution >= 0.6 is 7.82 Å². The minimum atomic E-state index is -4.38. The molecule has 0 aliphatic heterocycles. The van der Waals surface area contributed by atoms with Crippen molar-refractivity contribution >= 4 is 19.8 Å². The first-order valence-electron chi connectivity index (χ1n) is 22.5. The van der Waals surface area contributed by atoms with E-state index >= 15 is 0 Å². The summed E-state index contributed by atoms with van der Waals surface area (Å²) in [4.78, 5) is 34.9. The Labute approximate surface area is 337 Å². The van der Waals surface area contributed by atoms with Crippen molar-refractivity contribution in [3.8, 4) is 0 Å². The molecule has 0 aromatic carbocycles. The number of phosphoric acid groups is 1. The monoisotopic (exact) mass is 798 g/mol. The first-order chi connectivity index (χ1) is 26.8. The van der Waals surface area contributed by atoms with Crippen molar-refractivity contribution in [3.05, 3.63) is 36.5 Å². The van der Waals surface area contributed by atoms with Crippen LogP contribution in [0.25, 0.3) is 0 Å². The molecule has 1 unspecified atom stereocenters. The number of hydrogen-bond acceptors (Lipinski definition) is 8.